The van der Waals surface area contributed by atoms with Crippen LogP contribution in [-0.4, -0.2) is 37.7 Å². The third-order valence-corrected chi connectivity index (χ3v) is 3.86. The predicted octanol–water partition coefficient (Wildman–Crippen LogP) is 2.54. The van der Waals surface area contributed by atoms with E-state index in [-0.39, 0.29) is 6.04 Å². The van der Waals surface area contributed by atoms with Gasteiger partial charge in [-0.15, -0.1) is 0 Å². The van der Waals surface area contributed by atoms with Crippen LogP contribution in [-0.2, 0) is 4.74 Å². The third-order valence-electron chi connectivity index (χ3n) is 3.86. The predicted molar refractivity (Wildman–Crippen MR) is 79.6 cm³/mol. The third kappa shape index (κ3) is 3.03. The molecule has 0 radical (unpaired) electrons. The summed E-state index contributed by atoms with van der Waals surface area (Å²) in [4.78, 5) is 2.23. The van der Waals surface area contributed by atoms with Crippen molar-refractivity contribution in [1.29, 1.82) is 0 Å². The number of ether oxygens (including phenoxy) is 1. The average Bonchev–Trinajstić information content (AvgIpc) is 3.06. The Morgan fingerprint density at radius 2 is 2.25 bits per heavy atom. The Morgan fingerprint density at radius 3 is 3.00 bits per heavy atom. The first kappa shape index (κ1) is 13.6. The lowest BCUT2D eigenvalue weighted by Crippen LogP contribution is -2.34. The zero-order valence-electron chi connectivity index (χ0n) is 11.9. The van der Waals surface area contributed by atoms with Gasteiger partial charge in [0.05, 0.1) is 12.1 Å². The van der Waals surface area contributed by atoms with Gasteiger partial charge in [-0.05, 0) is 32.0 Å². The monoisotopic (exact) mass is 274 g/mol. The van der Waals surface area contributed by atoms with Crippen LogP contribution in [0.5, 0.6) is 0 Å². The van der Waals surface area contributed by atoms with Crippen LogP contribution in [0.3, 0.4) is 0 Å². The van der Waals surface area contributed by atoms with E-state index in [1.54, 1.807) is 0 Å². The number of likely N-dealkylation sites (N-methyl/N-ethyl adjacent to an activating group) is 1. The Balaban J connectivity index is 1.61. The highest BCUT2D eigenvalue weighted by Crippen LogP contribution is 2.23. The molecule has 4 nitrogen and oxygen atoms in total. The van der Waals surface area contributed by atoms with Gasteiger partial charge in [0.15, 0.2) is 0 Å². The van der Waals surface area contributed by atoms with Crippen LogP contribution < -0.4 is 5.73 Å². The van der Waals surface area contributed by atoms with Gasteiger partial charge >= 0.3 is 0 Å². The van der Waals surface area contributed by atoms with Crippen LogP contribution >= 0.6 is 0 Å². The summed E-state index contributed by atoms with van der Waals surface area (Å²) in [6.45, 7) is 2.61. The summed E-state index contributed by atoms with van der Waals surface area (Å²) in [7, 11) is 2.09. The molecule has 1 aromatic heterocycles. The molecule has 0 spiro atoms. The van der Waals surface area contributed by atoms with Gasteiger partial charge in [-0.25, -0.2) is 0 Å². The van der Waals surface area contributed by atoms with Crippen molar-refractivity contribution in [1.82, 2.24) is 4.90 Å². The Labute approximate surface area is 119 Å². The van der Waals surface area contributed by atoms with E-state index in [1.165, 1.54) is 6.42 Å². The van der Waals surface area contributed by atoms with Gasteiger partial charge in [0, 0.05) is 25.1 Å². The zero-order chi connectivity index (χ0) is 13.9. The van der Waals surface area contributed by atoms with E-state index in [1.807, 2.05) is 30.3 Å². The fourth-order valence-corrected chi connectivity index (χ4v) is 2.82. The molecule has 2 N–H and O–H groups in total. The fourth-order valence-electron chi connectivity index (χ4n) is 2.82. The van der Waals surface area contributed by atoms with Crippen LogP contribution in [0.4, 0.5) is 0 Å². The molecule has 0 amide bonds. The highest BCUT2D eigenvalue weighted by Gasteiger charge is 2.20. The van der Waals surface area contributed by atoms with Gasteiger partial charge < -0.3 is 19.8 Å². The number of nitrogens with zero attached hydrogens (tertiary/aromatic N) is 1. The molecule has 1 fully saturated rings. The number of furan rings is 1. The highest BCUT2D eigenvalue weighted by molar-refractivity contribution is 5.77. The SMILES string of the molecule is CN(CC1CCCO1)CC(N)c1cc2ccccc2o1. The standard InChI is InChI=1S/C16H22N2O2/c1-18(10-13-6-4-8-19-13)11-14(17)16-9-12-5-2-3-7-15(12)20-16/h2-3,5,7,9,13-14H,4,6,8,10-11,17H2,1H3. The minimum absolute atomic E-state index is 0.103. The van der Waals surface area contributed by atoms with Crippen LogP contribution in [0.15, 0.2) is 34.7 Å². The molecule has 0 aliphatic carbocycles. The van der Waals surface area contributed by atoms with E-state index in [0.29, 0.717) is 6.10 Å². The normalized spacial score (nSPS) is 20.9. The van der Waals surface area contributed by atoms with Gasteiger partial charge in [-0.3, -0.25) is 0 Å². The minimum atomic E-state index is -0.103. The van der Waals surface area contributed by atoms with E-state index >= 15 is 0 Å². The lowest BCUT2D eigenvalue weighted by atomic mass is 10.2. The summed E-state index contributed by atoms with van der Waals surface area (Å²) in [6.07, 6.45) is 2.70. The fraction of sp³-hybridized carbons (Fsp3) is 0.500. The quantitative estimate of drug-likeness (QED) is 0.910. The van der Waals surface area contributed by atoms with E-state index in [9.17, 15) is 0 Å². The van der Waals surface area contributed by atoms with Gasteiger partial charge in [0.25, 0.3) is 0 Å². The van der Waals surface area contributed by atoms with Crippen LogP contribution in [0.1, 0.15) is 24.6 Å². The van der Waals surface area contributed by atoms with Crippen LogP contribution in [0.2, 0.25) is 0 Å². The molecule has 1 saturated heterocycles. The number of benzene rings is 1. The molecular weight excluding hydrogens is 252 g/mol. The molecule has 2 aromatic rings. The summed E-state index contributed by atoms with van der Waals surface area (Å²) < 4.78 is 11.5. The van der Waals surface area contributed by atoms with Crippen molar-refractivity contribution >= 4 is 11.0 Å². The molecule has 2 atom stereocenters. The Hall–Kier alpha value is -1.36. The lowest BCUT2D eigenvalue weighted by Gasteiger charge is -2.22. The van der Waals surface area contributed by atoms with E-state index in [2.05, 4.69) is 11.9 Å². The molecular formula is C16H22N2O2. The molecule has 3 rings (SSSR count). The first-order valence-corrected chi connectivity index (χ1v) is 7.26. The number of rotatable bonds is 5. The van der Waals surface area contributed by atoms with Crippen LogP contribution in [0, 0.1) is 0 Å². The molecule has 20 heavy (non-hydrogen) atoms. The van der Waals surface area contributed by atoms with Crippen molar-refractivity contribution in [3.63, 3.8) is 0 Å². The molecule has 0 bridgehead atoms. The summed E-state index contributed by atoms with van der Waals surface area (Å²) in [5, 5.41) is 1.11. The van der Waals surface area contributed by atoms with E-state index in [4.69, 9.17) is 14.9 Å². The van der Waals surface area contributed by atoms with Crippen molar-refractivity contribution in [2.24, 2.45) is 5.73 Å². The first-order valence-electron chi connectivity index (χ1n) is 7.26. The number of hydrogen-bond acceptors (Lipinski definition) is 4. The van der Waals surface area contributed by atoms with Crippen molar-refractivity contribution in [3.05, 3.63) is 36.1 Å². The second-order valence-corrected chi connectivity index (χ2v) is 5.65. The maximum Gasteiger partial charge on any atom is 0.134 e. The van der Waals surface area contributed by atoms with Gasteiger partial charge in [-0.1, -0.05) is 18.2 Å². The number of hydrogen-bond donors (Lipinski definition) is 1. The van der Waals surface area contributed by atoms with Gasteiger partial charge in [0.2, 0.25) is 0 Å². The van der Waals surface area contributed by atoms with Gasteiger partial charge in [0.1, 0.15) is 11.3 Å². The largest absolute Gasteiger partial charge is 0.459 e. The van der Waals surface area contributed by atoms with Crippen LogP contribution in [0.25, 0.3) is 11.0 Å². The minimum Gasteiger partial charge on any atom is -0.459 e. The lowest BCUT2D eigenvalue weighted by molar-refractivity contribution is 0.0790. The molecule has 1 aromatic carbocycles. The smallest absolute Gasteiger partial charge is 0.134 e. The Kier molecular flexibility index (Phi) is 4.05. The van der Waals surface area contributed by atoms with Crippen molar-refractivity contribution in [2.75, 3.05) is 26.7 Å². The number of fused-ring (bicyclic) bond motifs is 1. The average molecular weight is 274 g/mol. The van der Waals surface area contributed by atoms with Crippen molar-refractivity contribution in [2.45, 2.75) is 25.0 Å². The molecule has 0 saturated carbocycles. The van der Waals surface area contributed by atoms with E-state index in [0.717, 1.165) is 42.8 Å². The molecule has 4 heteroatoms. The highest BCUT2D eigenvalue weighted by atomic mass is 16.5. The second kappa shape index (κ2) is 5.95. The molecule has 1 aliphatic rings. The Bertz CT molecular complexity index is 527. The topological polar surface area (TPSA) is 51.6 Å². The summed E-state index contributed by atoms with van der Waals surface area (Å²) in [6, 6.07) is 9.95. The number of nitrogens with two attached hydrogens (primary N) is 1. The molecule has 2 heterocycles. The maximum atomic E-state index is 6.26. The second-order valence-electron chi connectivity index (χ2n) is 5.65. The Morgan fingerprint density at radius 1 is 1.40 bits per heavy atom. The maximum absolute atomic E-state index is 6.26. The summed E-state index contributed by atoms with van der Waals surface area (Å²) in [5.41, 5.74) is 7.16. The van der Waals surface area contributed by atoms with Crippen molar-refractivity contribution < 1.29 is 9.15 Å². The number of para-hydroxylation sites is 1. The summed E-state index contributed by atoms with van der Waals surface area (Å²) in [5.74, 6) is 0.852. The molecule has 1 aliphatic heterocycles. The van der Waals surface area contributed by atoms with Gasteiger partial charge in [-0.2, -0.15) is 0 Å². The first-order chi connectivity index (χ1) is 9.72. The van der Waals surface area contributed by atoms with E-state index < -0.39 is 0 Å². The summed E-state index contributed by atoms with van der Waals surface area (Å²) >= 11 is 0. The van der Waals surface area contributed by atoms with Crippen molar-refractivity contribution in [3.8, 4) is 0 Å². The zero-order valence-corrected chi connectivity index (χ0v) is 11.9. The molecule has 2 unspecified atom stereocenters. The molecule has 108 valence electrons.